The average molecular weight is 356 g/mol. The van der Waals surface area contributed by atoms with E-state index in [1.807, 2.05) is 18.2 Å². The molecule has 0 unspecified atom stereocenters. The third-order valence-electron chi connectivity index (χ3n) is 4.76. The highest BCUT2D eigenvalue weighted by molar-refractivity contribution is 5.93. The normalized spacial score (nSPS) is 17.8. The van der Waals surface area contributed by atoms with Gasteiger partial charge in [0, 0.05) is 32.9 Å². The van der Waals surface area contributed by atoms with E-state index in [-0.39, 0.29) is 5.56 Å². The molecule has 0 bridgehead atoms. The largest absolute Gasteiger partial charge is 0.351 e. The van der Waals surface area contributed by atoms with Crippen LogP contribution in [0, 0.1) is 5.92 Å². The Labute approximate surface area is 151 Å². The molecule has 2 heterocycles. The maximum Gasteiger partial charge on any atom is 0.328 e. The van der Waals surface area contributed by atoms with Crippen LogP contribution in [0.25, 0.3) is 0 Å². The summed E-state index contributed by atoms with van der Waals surface area (Å²) in [4.78, 5) is 40.0. The first-order valence-electron chi connectivity index (χ1n) is 8.87. The van der Waals surface area contributed by atoms with Crippen LogP contribution in [0.2, 0.25) is 0 Å². The standard InChI is InChI=1S/C19H24N4O3/c1-22-13-16(18(25)21-19(22)26)17(24)20-10-15-8-5-9-23(12-15)11-14-6-3-2-4-7-14/h2-4,6-7,13,15H,5,8-12H2,1H3,(H,20,24)(H,21,25,26)/t15-/m1/s1. The van der Waals surface area contributed by atoms with E-state index < -0.39 is 17.2 Å². The Bertz CT molecular complexity index is 872. The van der Waals surface area contributed by atoms with E-state index in [2.05, 4.69) is 27.3 Å². The lowest BCUT2D eigenvalue weighted by Gasteiger charge is -2.32. The molecule has 7 nitrogen and oxygen atoms in total. The van der Waals surface area contributed by atoms with Gasteiger partial charge in [-0.05, 0) is 30.9 Å². The zero-order valence-corrected chi connectivity index (χ0v) is 14.9. The molecule has 1 atom stereocenters. The maximum atomic E-state index is 12.3. The van der Waals surface area contributed by atoms with Gasteiger partial charge in [0.25, 0.3) is 11.5 Å². The average Bonchev–Trinajstić information content (AvgIpc) is 2.64. The van der Waals surface area contributed by atoms with Crippen molar-refractivity contribution in [1.29, 1.82) is 0 Å². The number of nitrogens with zero attached hydrogens (tertiary/aromatic N) is 2. The second-order valence-electron chi connectivity index (χ2n) is 6.85. The van der Waals surface area contributed by atoms with Crippen LogP contribution in [0.5, 0.6) is 0 Å². The van der Waals surface area contributed by atoms with E-state index in [1.54, 1.807) is 0 Å². The van der Waals surface area contributed by atoms with E-state index in [1.165, 1.54) is 23.4 Å². The highest BCUT2D eigenvalue weighted by Gasteiger charge is 2.21. The number of aromatic amines is 1. The quantitative estimate of drug-likeness (QED) is 0.826. The summed E-state index contributed by atoms with van der Waals surface area (Å²) in [6, 6.07) is 10.3. The number of hydrogen-bond donors (Lipinski definition) is 2. The van der Waals surface area contributed by atoms with Gasteiger partial charge in [0.1, 0.15) is 5.56 Å². The lowest BCUT2D eigenvalue weighted by Crippen LogP contribution is -2.42. The number of carbonyl (C=O) groups excluding carboxylic acids is 1. The first-order chi connectivity index (χ1) is 12.5. The second kappa shape index (κ2) is 8.14. The molecule has 26 heavy (non-hydrogen) atoms. The maximum absolute atomic E-state index is 12.3. The summed E-state index contributed by atoms with van der Waals surface area (Å²) < 4.78 is 1.19. The summed E-state index contributed by atoms with van der Waals surface area (Å²) in [7, 11) is 1.50. The molecule has 1 aliphatic heterocycles. The van der Waals surface area contributed by atoms with Crippen molar-refractivity contribution in [2.24, 2.45) is 13.0 Å². The lowest BCUT2D eigenvalue weighted by molar-refractivity contribution is 0.0928. The van der Waals surface area contributed by atoms with Gasteiger partial charge in [0.2, 0.25) is 0 Å². The van der Waals surface area contributed by atoms with Crippen LogP contribution in [0.3, 0.4) is 0 Å². The van der Waals surface area contributed by atoms with Crippen LogP contribution >= 0.6 is 0 Å². The molecule has 1 amide bonds. The Hall–Kier alpha value is -2.67. The predicted molar refractivity (Wildman–Crippen MR) is 99.1 cm³/mol. The molecule has 7 heteroatoms. The van der Waals surface area contributed by atoms with Gasteiger partial charge in [-0.2, -0.15) is 0 Å². The van der Waals surface area contributed by atoms with Gasteiger partial charge in [-0.25, -0.2) is 4.79 Å². The minimum Gasteiger partial charge on any atom is -0.351 e. The summed E-state index contributed by atoms with van der Waals surface area (Å²) in [5.41, 5.74) is 0.0632. The lowest BCUT2D eigenvalue weighted by atomic mass is 9.97. The highest BCUT2D eigenvalue weighted by atomic mass is 16.2. The molecule has 1 saturated heterocycles. The number of amides is 1. The molecule has 2 aromatic rings. The van der Waals surface area contributed by atoms with Gasteiger partial charge in [0.05, 0.1) is 0 Å². The van der Waals surface area contributed by atoms with Crippen molar-refractivity contribution in [2.45, 2.75) is 19.4 Å². The third kappa shape index (κ3) is 4.49. The number of likely N-dealkylation sites (tertiary alicyclic amines) is 1. The van der Waals surface area contributed by atoms with Crippen molar-refractivity contribution in [3.8, 4) is 0 Å². The van der Waals surface area contributed by atoms with Crippen LogP contribution < -0.4 is 16.6 Å². The van der Waals surface area contributed by atoms with E-state index in [0.29, 0.717) is 12.5 Å². The molecular weight excluding hydrogens is 332 g/mol. The predicted octanol–water partition coefficient (Wildman–Crippen LogP) is 0.716. The summed E-state index contributed by atoms with van der Waals surface area (Å²) in [6.07, 6.45) is 3.42. The molecule has 0 aliphatic carbocycles. The van der Waals surface area contributed by atoms with Gasteiger partial charge >= 0.3 is 5.69 Å². The monoisotopic (exact) mass is 356 g/mol. The first-order valence-corrected chi connectivity index (χ1v) is 8.87. The second-order valence-corrected chi connectivity index (χ2v) is 6.85. The minimum absolute atomic E-state index is 0.0379. The number of nitrogens with one attached hydrogen (secondary N) is 2. The van der Waals surface area contributed by atoms with Crippen LogP contribution in [0.15, 0.2) is 46.1 Å². The third-order valence-corrected chi connectivity index (χ3v) is 4.76. The number of benzene rings is 1. The van der Waals surface area contributed by atoms with Crippen molar-refractivity contribution in [1.82, 2.24) is 19.8 Å². The van der Waals surface area contributed by atoms with Crippen molar-refractivity contribution in [3.05, 3.63) is 68.5 Å². The molecule has 1 fully saturated rings. The summed E-state index contributed by atoms with van der Waals surface area (Å²) in [5.74, 6) is -0.0925. The summed E-state index contributed by atoms with van der Waals surface area (Å²) >= 11 is 0. The Morgan fingerprint density at radius 3 is 2.81 bits per heavy atom. The smallest absolute Gasteiger partial charge is 0.328 e. The fourth-order valence-electron chi connectivity index (χ4n) is 3.36. The molecule has 0 saturated carbocycles. The van der Waals surface area contributed by atoms with Crippen molar-refractivity contribution in [3.63, 3.8) is 0 Å². The summed E-state index contributed by atoms with van der Waals surface area (Å²) in [5, 5.41) is 2.84. The topological polar surface area (TPSA) is 87.2 Å². The number of aromatic nitrogens is 2. The van der Waals surface area contributed by atoms with E-state index >= 15 is 0 Å². The van der Waals surface area contributed by atoms with Crippen LogP contribution in [-0.4, -0.2) is 40.0 Å². The first kappa shape index (κ1) is 18.1. The fourth-order valence-corrected chi connectivity index (χ4v) is 3.36. The van der Waals surface area contributed by atoms with Gasteiger partial charge < -0.3 is 9.88 Å². The van der Waals surface area contributed by atoms with Crippen molar-refractivity contribution >= 4 is 5.91 Å². The van der Waals surface area contributed by atoms with E-state index in [9.17, 15) is 14.4 Å². The molecule has 1 aliphatic rings. The van der Waals surface area contributed by atoms with E-state index in [0.717, 1.165) is 32.5 Å². The molecule has 0 spiro atoms. The van der Waals surface area contributed by atoms with Crippen molar-refractivity contribution in [2.75, 3.05) is 19.6 Å². The molecule has 1 aromatic carbocycles. The number of piperidine rings is 1. The number of hydrogen-bond acceptors (Lipinski definition) is 4. The van der Waals surface area contributed by atoms with Gasteiger partial charge in [-0.1, -0.05) is 30.3 Å². The zero-order valence-electron chi connectivity index (χ0n) is 14.9. The van der Waals surface area contributed by atoms with Gasteiger partial charge in [0.15, 0.2) is 0 Å². The highest BCUT2D eigenvalue weighted by Crippen LogP contribution is 2.18. The molecular formula is C19H24N4O3. The Balaban J connectivity index is 1.56. The Morgan fingerprint density at radius 1 is 1.27 bits per heavy atom. The molecule has 3 rings (SSSR count). The summed E-state index contributed by atoms with van der Waals surface area (Å²) in [6.45, 7) is 3.40. The van der Waals surface area contributed by atoms with Crippen molar-refractivity contribution < 1.29 is 4.79 Å². The SMILES string of the molecule is Cn1cc(C(=O)NC[C@H]2CCCN(Cc3ccccc3)C2)c(=O)[nH]c1=O. The van der Waals surface area contributed by atoms with Crippen LogP contribution in [0.4, 0.5) is 0 Å². The minimum atomic E-state index is -0.653. The Morgan fingerprint density at radius 2 is 2.04 bits per heavy atom. The number of H-pyrrole nitrogens is 1. The molecule has 138 valence electrons. The van der Waals surface area contributed by atoms with E-state index in [4.69, 9.17) is 0 Å². The molecule has 2 N–H and O–H groups in total. The van der Waals surface area contributed by atoms with Gasteiger partial charge in [-0.15, -0.1) is 0 Å². The van der Waals surface area contributed by atoms with Gasteiger partial charge in [-0.3, -0.25) is 19.5 Å². The number of carbonyl (C=O) groups is 1. The molecule has 0 radical (unpaired) electrons. The fraction of sp³-hybridized carbons (Fsp3) is 0.421. The molecule has 1 aromatic heterocycles. The zero-order chi connectivity index (χ0) is 18.5. The van der Waals surface area contributed by atoms with Crippen LogP contribution in [0.1, 0.15) is 28.8 Å². The number of aryl methyl sites for hydroxylation is 1. The Kier molecular flexibility index (Phi) is 5.68. The number of rotatable bonds is 5. The van der Waals surface area contributed by atoms with Crippen LogP contribution in [-0.2, 0) is 13.6 Å².